The minimum Gasteiger partial charge on any atom is -0.296 e. The van der Waals surface area contributed by atoms with Gasteiger partial charge >= 0.3 is 0 Å². The topological polar surface area (TPSA) is 46.9 Å². The minimum absolute atomic E-state index is 0.126. The predicted molar refractivity (Wildman–Crippen MR) is 130 cm³/mol. The lowest BCUT2D eigenvalue weighted by atomic mass is 9.81. The summed E-state index contributed by atoms with van der Waals surface area (Å²) in [7, 11) is 0. The van der Waals surface area contributed by atoms with Crippen molar-refractivity contribution in [1.29, 1.82) is 0 Å². The molecule has 1 aromatic heterocycles. The fourth-order valence-corrected chi connectivity index (χ4v) is 3.68. The average molecular weight is 432 g/mol. The van der Waals surface area contributed by atoms with Crippen molar-refractivity contribution < 1.29 is 9.18 Å². The summed E-state index contributed by atoms with van der Waals surface area (Å²) in [6, 6.07) is 22.1. The first-order chi connectivity index (χ1) is 15.3. The first kappa shape index (κ1) is 23.2. The number of fused-ring (bicyclic) bond motifs is 1. The van der Waals surface area contributed by atoms with Gasteiger partial charge < -0.3 is 0 Å². The highest BCUT2D eigenvalue weighted by atomic mass is 19.1. The molecule has 0 spiro atoms. The Kier molecular flexibility index (Phi) is 7.08. The third-order valence-corrected chi connectivity index (χ3v) is 5.30. The van der Waals surface area contributed by atoms with E-state index in [0.717, 1.165) is 27.8 Å². The molecule has 0 atom stereocenters. The second-order valence-electron chi connectivity index (χ2n) is 8.21. The molecule has 0 radical (unpaired) electrons. The quantitative estimate of drug-likeness (QED) is 0.377. The highest BCUT2D eigenvalue weighted by Crippen LogP contribution is 2.29. The van der Waals surface area contributed by atoms with Crippen LogP contribution >= 0.6 is 0 Å². The summed E-state index contributed by atoms with van der Waals surface area (Å²) in [5.41, 5.74) is 4.22. The molecule has 4 rings (SSSR count). The standard InChI is InChI=1S/C25H24FN3O.C2H6/c1-17-9-14-21-22(15-17)29(20-12-10-19(26)11-13-20)24(27-21)28-23(30)16-25(2,3)18-7-5-4-6-8-18;1-2/h4-15H,16H2,1-3H3,(H,27,28,30);1-2H3. The molecule has 0 aliphatic carbocycles. The third kappa shape index (κ3) is 5.05. The van der Waals surface area contributed by atoms with E-state index in [-0.39, 0.29) is 17.1 Å². The van der Waals surface area contributed by atoms with Crippen LogP contribution in [0.5, 0.6) is 0 Å². The van der Waals surface area contributed by atoms with Crippen LogP contribution in [0, 0.1) is 12.7 Å². The van der Waals surface area contributed by atoms with Crippen molar-refractivity contribution in [3.63, 3.8) is 0 Å². The predicted octanol–water partition coefficient (Wildman–Crippen LogP) is 6.81. The molecule has 1 N–H and O–H groups in total. The maximum Gasteiger partial charge on any atom is 0.227 e. The molecule has 0 unspecified atom stereocenters. The van der Waals surface area contributed by atoms with Crippen LogP contribution in [0.15, 0.2) is 72.8 Å². The number of carbonyl (C=O) groups excluding carboxylic acids is 1. The number of nitrogens with zero attached hydrogens (tertiary/aromatic N) is 2. The summed E-state index contributed by atoms with van der Waals surface area (Å²) in [6.07, 6.45) is 0.308. The molecule has 0 fully saturated rings. The lowest BCUT2D eigenvalue weighted by Crippen LogP contribution is -2.26. The van der Waals surface area contributed by atoms with Crippen LogP contribution in [0.2, 0.25) is 0 Å². The molecular formula is C27H30FN3O. The normalized spacial score (nSPS) is 11.1. The molecular weight excluding hydrogens is 401 g/mol. The summed E-state index contributed by atoms with van der Waals surface area (Å²) >= 11 is 0. The van der Waals surface area contributed by atoms with Crippen molar-refractivity contribution in [1.82, 2.24) is 9.55 Å². The second-order valence-corrected chi connectivity index (χ2v) is 8.21. The van der Waals surface area contributed by atoms with Gasteiger partial charge in [0.05, 0.1) is 11.0 Å². The van der Waals surface area contributed by atoms with E-state index < -0.39 is 0 Å². The number of hydrogen-bond acceptors (Lipinski definition) is 2. The molecule has 32 heavy (non-hydrogen) atoms. The zero-order valence-corrected chi connectivity index (χ0v) is 19.3. The number of imidazole rings is 1. The van der Waals surface area contributed by atoms with Crippen LogP contribution in [0.25, 0.3) is 16.7 Å². The van der Waals surface area contributed by atoms with Gasteiger partial charge in [-0.05, 0) is 59.9 Å². The molecule has 1 heterocycles. The van der Waals surface area contributed by atoms with Crippen molar-refractivity contribution in [2.24, 2.45) is 0 Å². The molecule has 4 nitrogen and oxygen atoms in total. The van der Waals surface area contributed by atoms with Crippen LogP contribution < -0.4 is 5.32 Å². The number of nitrogens with one attached hydrogen (secondary N) is 1. The summed E-state index contributed by atoms with van der Waals surface area (Å²) in [4.78, 5) is 17.6. The Labute approximate surface area is 189 Å². The Morgan fingerprint density at radius 3 is 2.31 bits per heavy atom. The molecule has 0 saturated heterocycles. The number of hydrogen-bond donors (Lipinski definition) is 1. The smallest absolute Gasteiger partial charge is 0.227 e. The van der Waals surface area contributed by atoms with Gasteiger partial charge in [0.2, 0.25) is 11.9 Å². The Morgan fingerprint density at radius 2 is 1.66 bits per heavy atom. The number of aryl methyl sites for hydroxylation is 1. The van der Waals surface area contributed by atoms with Crippen LogP contribution in [0.1, 0.15) is 45.2 Å². The number of amides is 1. The Bertz CT molecular complexity index is 1200. The molecule has 3 aromatic carbocycles. The van der Waals surface area contributed by atoms with Gasteiger partial charge in [0.15, 0.2) is 0 Å². The molecule has 1 amide bonds. The molecule has 5 heteroatoms. The molecule has 0 bridgehead atoms. The highest BCUT2D eigenvalue weighted by molar-refractivity contribution is 5.93. The first-order valence-electron chi connectivity index (χ1n) is 10.9. The molecule has 0 aliphatic rings. The van der Waals surface area contributed by atoms with Crippen molar-refractivity contribution in [3.8, 4) is 5.69 Å². The van der Waals surface area contributed by atoms with Crippen molar-refractivity contribution in [2.45, 2.75) is 46.5 Å². The average Bonchev–Trinajstić information content (AvgIpc) is 3.12. The molecule has 166 valence electrons. The van der Waals surface area contributed by atoms with Crippen LogP contribution in [0.4, 0.5) is 10.3 Å². The summed E-state index contributed by atoms with van der Waals surface area (Å²) in [6.45, 7) is 10.1. The fraction of sp³-hybridized carbons (Fsp3) is 0.259. The SMILES string of the molecule is CC.Cc1ccc2nc(NC(=O)CC(C)(C)c3ccccc3)n(-c3ccc(F)cc3)c2c1. The van der Waals surface area contributed by atoms with E-state index in [2.05, 4.69) is 10.3 Å². The van der Waals surface area contributed by atoms with E-state index in [0.29, 0.717) is 12.4 Å². The largest absolute Gasteiger partial charge is 0.296 e. The zero-order chi connectivity index (χ0) is 23.3. The van der Waals surface area contributed by atoms with Gasteiger partial charge in [-0.15, -0.1) is 0 Å². The van der Waals surface area contributed by atoms with Gasteiger partial charge in [-0.1, -0.05) is 64.1 Å². The number of anilines is 1. The van der Waals surface area contributed by atoms with Gasteiger partial charge in [-0.2, -0.15) is 0 Å². The maximum atomic E-state index is 13.5. The molecule has 4 aromatic rings. The first-order valence-corrected chi connectivity index (χ1v) is 10.9. The van der Waals surface area contributed by atoms with Gasteiger partial charge in [0, 0.05) is 12.1 Å². The van der Waals surface area contributed by atoms with Gasteiger partial charge in [-0.3, -0.25) is 14.7 Å². The van der Waals surface area contributed by atoms with E-state index in [4.69, 9.17) is 0 Å². The van der Waals surface area contributed by atoms with Crippen LogP contribution in [-0.2, 0) is 10.2 Å². The lowest BCUT2D eigenvalue weighted by Gasteiger charge is -2.24. The molecule has 0 saturated carbocycles. The van der Waals surface area contributed by atoms with Gasteiger partial charge in [0.1, 0.15) is 5.82 Å². The Balaban J connectivity index is 0.00000141. The maximum absolute atomic E-state index is 13.5. The minimum atomic E-state index is -0.325. The van der Waals surface area contributed by atoms with E-state index in [9.17, 15) is 9.18 Å². The highest BCUT2D eigenvalue weighted by Gasteiger charge is 2.25. The fourth-order valence-electron chi connectivity index (χ4n) is 3.68. The summed E-state index contributed by atoms with van der Waals surface area (Å²) in [5.74, 6) is -0.00939. The number of benzene rings is 3. The third-order valence-electron chi connectivity index (χ3n) is 5.30. The Hall–Kier alpha value is -3.47. The van der Waals surface area contributed by atoms with E-state index >= 15 is 0 Å². The van der Waals surface area contributed by atoms with Gasteiger partial charge in [-0.25, -0.2) is 9.37 Å². The molecule has 0 aliphatic heterocycles. The van der Waals surface area contributed by atoms with Crippen molar-refractivity contribution in [2.75, 3.05) is 5.32 Å². The lowest BCUT2D eigenvalue weighted by molar-refractivity contribution is -0.117. The second kappa shape index (κ2) is 9.77. The van der Waals surface area contributed by atoms with Crippen LogP contribution in [-0.4, -0.2) is 15.5 Å². The number of halogens is 1. The summed E-state index contributed by atoms with van der Waals surface area (Å²) in [5, 5.41) is 2.98. The van der Waals surface area contributed by atoms with Gasteiger partial charge in [0.25, 0.3) is 0 Å². The summed E-state index contributed by atoms with van der Waals surface area (Å²) < 4.78 is 15.3. The monoisotopic (exact) mass is 431 g/mol. The number of aromatic nitrogens is 2. The Morgan fingerprint density at radius 1 is 1.00 bits per heavy atom. The van der Waals surface area contributed by atoms with Crippen molar-refractivity contribution in [3.05, 3.63) is 89.7 Å². The number of rotatable bonds is 5. The zero-order valence-electron chi connectivity index (χ0n) is 19.3. The van der Waals surface area contributed by atoms with E-state index in [1.807, 2.05) is 87.7 Å². The number of carbonyl (C=O) groups is 1. The van der Waals surface area contributed by atoms with E-state index in [1.54, 1.807) is 12.1 Å². The van der Waals surface area contributed by atoms with E-state index in [1.165, 1.54) is 12.1 Å². The van der Waals surface area contributed by atoms with Crippen LogP contribution in [0.3, 0.4) is 0 Å². The van der Waals surface area contributed by atoms with Crippen molar-refractivity contribution >= 4 is 22.9 Å².